The van der Waals surface area contributed by atoms with Gasteiger partial charge >= 0.3 is 5.97 Å². The zero-order valence-corrected chi connectivity index (χ0v) is 11.9. The van der Waals surface area contributed by atoms with Gasteiger partial charge in [-0.05, 0) is 25.0 Å². The highest BCUT2D eigenvalue weighted by Crippen LogP contribution is 2.29. The highest BCUT2D eigenvalue weighted by molar-refractivity contribution is 5.98. The average Bonchev–Trinajstić information content (AvgIpc) is 3.21. The Labute approximate surface area is 122 Å². The Bertz CT molecular complexity index is 655. The number of aromatic amines is 1. The second kappa shape index (κ2) is 5.24. The smallest absolute Gasteiger partial charge is 0.308 e. The van der Waals surface area contributed by atoms with Crippen molar-refractivity contribution < 1.29 is 14.7 Å². The predicted octanol–water partition coefficient (Wildman–Crippen LogP) is 2.49. The molecule has 1 heterocycles. The van der Waals surface area contributed by atoms with E-state index in [4.69, 9.17) is 5.11 Å². The second-order valence-corrected chi connectivity index (χ2v) is 5.70. The molecule has 110 valence electrons. The fraction of sp³-hybridized carbons (Fsp3) is 0.375. The second-order valence-electron chi connectivity index (χ2n) is 5.70. The van der Waals surface area contributed by atoms with Crippen molar-refractivity contribution in [1.82, 2.24) is 9.88 Å². The Morgan fingerprint density at radius 3 is 2.71 bits per heavy atom. The van der Waals surface area contributed by atoms with Gasteiger partial charge in [-0.3, -0.25) is 9.59 Å². The molecule has 1 unspecified atom stereocenters. The maximum absolute atomic E-state index is 12.7. The summed E-state index contributed by atoms with van der Waals surface area (Å²) in [5, 5.41) is 10.0. The van der Waals surface area contributed by atoms with Crippen molar-refractivity contribution in [2.24, 2.45) is 5.92 Å². The summed E-state index contributed by atoms with van der Waals surface area (Å²) in [5.41, 5.74) is 1.45. The fourth-order valence-corrected chi connectivity index (χ4v) is 2.50. The van der Waals surface area contributed by atoms with Gasteiger partial charge in [-0.1, -0.05) is 25.1 Å². The van der Waals surface area contributed by atoms with Crippen LogP contribution in [-0.4, -0.2) is 39.5 Å². The number of amides is 1. The first-order chi connectivity index (χ1) is 10.1. The molecule has 2 aromatic rings. The van der Waals surface area contributed by atoms with Crippen LogP contribution < -0.4 is 0 Å². The summed E-state index contributed by atoms with van der Waals surface area (Å²) in [6.45, 7) is 1.89. The van der Waals surface area contributed by atoms with E-state index in [0.29, 0.717) is 5.69 Å². The summed E-state index contributed by atoms with van der Waals surface area (Å²) in [6, 6.07) is 9.73. The van der Waals surface area contributed by atoms with Crippen molar-refractivity contribution in [1.29, 1.82) is 0 Å². The van der Waals surface area contributed by atoms with Crippen LogP contribution >= 0.6 is 0 Å². The van der Waals surface area contributed by atoms with Crippen LogP contribution in [-0.2, 0) is 4.79 Å². The number of nitrogens with one attached hydrogen (secondary N) is 1. The molecule has 5 nitrogen and oxygen atoms in total. The van der Waals surface area contributed by atoms with E-state index in [2.05, 4.69) is 4.98 Å². The van der Waals surface area contributed by atoms with Crippen molar-refractivity contribution >= 4 is 22.8 Å². The van der Waals surface area contributed by atoms with Gasteiger partial charge in [0, 0.05) is 23.5 Å². The summed E-state index contributed by atoms with van der Waals surface area (Å²) >= 11 is 0. The molecule has 1 aliphatic carbocycles. The molecule has 0 aliphatic heterocycles. The van der Waals surface area contributed by atoms with Crippen molar-refractivity contribution in [3.05, 3.63) is 36.0 Å². The number of nitrogens with zero attached hydrogens (tertiary/aromatic N) is 1. The van der Waals surface area contributed by atoms with Crippen molar-refractivity contribution in [2.45, 2.75) is 25.8 Å². The van der Waals surface area contributed by atoms with Crippen molar-refractivity contribution in [3.63, 3.8) is 0 Å². The van der Waals surface area contributed by atoms with Crippen LogP contribution in [0.2, 0.25) is 0 Å². The van der Waals surface area contributed by atoms with E-state index in [1.165, 1.54) is 0 Å². The molecule has 1 fully saturated rings. The van der Waals surface area contributed by atoms with Gasteiger partial charge < -0.3 is 15.0 Å². The molecule has 3 rings (SSSR count). The molecule has 0 saturated heterocycles. The van der Waals surface area contributed by atoms with Crippen LogP contribution in [0.5, 0.6) is 0 Å². The number of aliphatic carboxylic acids is 1. The first-order valence-electron chi connectivity index (χ1n) is 7.18. The number of carboxylic acids is 1. The Morgan fingerprint density at radius 1 is 1.38 bits per heavy atom. The molecule has 0 radical (unpaired) electrons. The van der Waals surface area contributed by atoms with Crippen LogP contribution in [0.1, 0.15) is 30.3 Å². The molecule has 0 spiro atoms. The normalized spacial score (nSPS) is 15.9. The molecular formula is C16H18N2O3. The average molecular weight is 286 g/mol. The molecule has 0 bridgehead atoms. The maximum Gasteiger partial charge on any atom is 0.308 e. The van der Waals surface area contributed by atoms with Crippen molar-refractivity contribution in [3.8, 4) is 0 Å². The number of carbonyl (C=O) groups is 2. The first-order valence-corrected chi connectivity index (χ1v) is 7.18. The lowest BCUT2D eigenvalue weighted by Gasteiger charge is -2.23. The van der Waals surface area contributed by atoms with Crippen LogP contribution in [0.4, 0.5) is 0 Å². The Hall–Kier alpha value is -2.30. The molecule has 1 aliphatic rings. The van der Waals surface area contributed by atoms with Gasteiger partial charge in [-0.25, -0.2) is 0 Å². The van der Waals surface area contributed by atoms with Gasteiger partial charge in [0.1, 0.15) is 5.69 Å². The highest BCUT2D eigenvalue weighted by Gasteiger charge is 2.35. The molecule has 1 aromatic carbocycles. The molecule has 1 aromatic heterocycles. The SMILES string of the molecule is CC(CN(C(=O)c1cc2ccccc2[nH]1)C1CC1)C(=O)O. The topological polar surface area (TPSA) is 73.4 Å². The van der Waals surface area contributed by atoms with E-state index in [1.54, 1.807) is 11.8 Å². The van der Waals surface area contributed by atoms with E-state index < -0.39 is 11.9 Å². The molecule has 1 amide bonds. The van der Waals surface area contributed by atoms with E-state index in [9.17, 15) is 9.59 Å². The van der Waals surface area contributed by atoms with Gasteiger partial charge in [-0.2, -0.15) is 0 Å². The lowest BCUT2D eigenvalue weighted by Crippen LogP contribution is -2.38. The lowest BCUT2D eigenvalue weighted by molar-refractivity contribution is -0.141. The number of H-pyrrole nitrogens is 1. The number of hydrogen-bond acceptors (Lipinski definition) is 2. The number of rotatable bonds is 5. The molecular weight excluding hydrogens is 268 g/mol. The number of hydrogen-bond donors (Lipinski definition) is 2. The largest absolute Gasteiger partial charge is 0.481 e. The summed E-state index contributed by atoms with van der Waals surface area (Å²) in [5.74, 6) is -1.54. The van der Waals surface area contributed by atoms with Gasteiger partial charge in [0.25, 0.3) is 5.91 Å². The minimum Gasteiger partial charge on any atom is -0.481 e. The number of benzene rings is 1. The summed E-state index contributed by atoms with van der Waals surface area (Å²) in [4.78, 5) is 28.5. The summed E-state index contributed by atoms with van der Waals surface area (Å²) < 4.78 is 0. The summed E-state index contributed by atoms with van der Waals surface area (Å²) in [6.07, 6.45) is 1.91. The third-order valence-electron chi connectivity index (χ3n) is 3.90. The molecule has 1 saturated carbocycles. The molecule has 21 heavy (non-hydrogen) atoms. The van der Waals surface area contributed by atoms with Crippen LogP contribution in [0.25, 0.3) is 10.9 Å². The van der Waals surface area contributed by atoms with Gasteiger partial charge in [0.2, 0.25) is 0 Å². The number of aromatic nitrogens is 1. The van der Waals surface area contributed by atoms with Crippen molar-refractivity contribution in [2.75, 3.05) is 6.54 Å². The van der Waals surface area contributed by atoms with Gasteiger partial charge in [-0.15, -0.1) is 0 Å². The quantitative estimate of drug-likeness (QED) is 0.887. The lowest BCUT2D eigenvalue weighted by atomic mass is 10.1. The zero-order chi connectivity index (χ0) is 15.0. The maximum atomic E-state index is 12.7. The third kappa shape index (κ3) is 2.77. The van der Waals surface area contributed by atoms with Gasteiger partial charge in [0.05, 0.1) is 5.92 Å². The van der Waals surface area contributed by atoms with Crippen LogP contribution in [0, 0.1) is 5.92 Å². The fourth-order valence-electron chi connectivity index (χ4n) is 2.50. The minimum atomic E-state index is -0.870. The molecule has 2 N–H and O–H groups in total. The number of para-hydroxylation sites is 1. The first kappa shape index (κ1) is 13.7. The number of carbonyl (C=O) groups excluding carboxylic acids is 1. The van der Waals surface area contributed by atoms with E-state index >= 15 is 0 Å². The Morgan fingerprint density at radius 2 is 2.10 bits per heavy atom. The zero-order valence-electron chi connectivity index (χ0n) is 11.9. The van der Waals surface area contributed by atoms with Crippen LogP contribution in [0.3, 0.4) is 0 Å². The highest BCUT2D eigenvalue weighted by atomic mass is 16.4. The van der Waals surface area contributed by atoms with E-state index in [1.807, 2.05) is 30.3 Å². The number of fused-ring (bicyclic) bond motifs is 1. The monoisotopic (exact) mass is 286 g/mol. The molecule has 1 atom stereocenters. The van der Waals surface area contributed by atoms with E-state index in [-0.39, 0.29) is 18.5 Å². The van der Waals surface area contributed by atoms with E-state index in [0.717, 1.165) is 23.7 Å². The third-order valence-corrected chi connectivity index (χ3v) is 3.90. The Kier molecular flexibility index (Phi) is 3.41. The summed E-state index contributed by atoms with van der Waals surface area (Å²) in [7, 11) is 0. The Balaban J connectivity index is 1.85. The number of carboxylic acid groups (broad SMARTS) is 1. The predicted molar refractivity (Wildman–Crippen MR) is 79.2 cm³/mol. The van der Waals surface area contributed by atoms with Crippen LogP contribution in [0.15, 0.2) is 30.3 Å². The molecule has 5 heteroatoms. The van der Waals surface area contributed by atoms with Gasteiger partial charge in [0.15, 0.2) is 0 Å². The standard InChI is InChI=1S/C16H18N2O3/c1-10(16(20)21)9-18(12-6-7-12)15(19)14-8-11-4-2-3-5-13(11)17-14/h2-5,8,10,12,17H,6-7,9H2,1H3,(H,20,21). The minimum absolute atomic E-state index is 0.109.